The Balaban J connectivity index is 2.19. The van der Waals surface area contributed by atoms with Crippen LogP contribution in [-0.4, -0.2) is 6.54 Å². The van der Waals surface area contributed by atoms with Crippen molar-refractivity contribution in [3.8, 4) is 0 Å². The van der Waals surface area contributed by atoms with Crippen molar-refractivity contribution in [1.29, 1.82) is 0 Å². The fraction of sp³-hybridized carbons (Fsp3) is 0.286. The van der Waals surface area contributed by atoms with Crippen LogP contribution in [0, 0.1) is 8.70 Å². The predicted molar refractivity (Wildman–Crippen MR) is 83.6 cm³/mol. The second kappa shape index (κ2) is 6.63. The maximum absolute atomic E-state index is 13.7. The Labute approximate surface area is 125 Å². The first-order valence-corrected chi connectivity index (χ1v) is 7.87. The summed E-state index contributed by atoms with van der Waals surface area (Å²) in [4.78, 5) is 0. The van der Waals surface area contributed by atoms with Crippen LogP contribution in [0.4, 0.5) is 4.39 Å². The number of likely N-dealkylation sites (N-methyl/N-ethyl adjacent to an activating group) is 1. The topological polar surface area (TPSA) is 12.0 Å². The van der Waals surface area contributed by atoms with E-state index in [-0.39, 0.29) is 11.9 Å². The summed E-state index contributed by atoms with van der Waals surface area (Å²) in [5.74, 6) is -0.120. The van der Waals surface area contributed by atoms with Crippen LogP contribution >= 0.6 is 33.9 Å². The van der Waals surface area contributed by atoms with Gasteiger partial charge in [0, 0.05) is 6.04 Å². The third kappa shape index (κ3) is 3.52. The number of benzene rings is 1. The summed E-state index contributed by atoms with van der Waals surface area (Å²) < 4.78 is 14.9. The molecule has 2 rings (SSSR count). The van der Waals surface area contributed by atoms with Gasteiger partial charge in [0.15, 0.2) is 0 Å². The lowest BCUT2D eigenvalue weighted by Crippen LogP contribution is -2.22. The first kappa shape index (κ1) is 14.0. The molecule has 0 fully saturated rings. The molecule has 1 atom stereocenters. The van der Waals surface area contributed by atoms with Crippen LogP contribution in [0.15, 0.2) is 35.7 Å². The SMILES string of the molecule is CCNC(Cc1ccccc1F)c1csc(I)c1. The minimum Gasteiger partial charge on any atom is -0.310 e. The van der Waals surface area contributed by atoms with Crippen molar-refractivity contribution in [1.82, 2.24) is 5.32 Å². The van der Waals surface area contributed by atoms with E-state index in [0.29, 0.717) is 6.42 Å². The molecule has 1 N–H and O–H groups in total. The quantitative estimate of drug-likeness (QED) is 0.765. The molecule has 18 heavy (non-hydrogen) atoms. The minimum absolute atomic E-state index is 0.120. The zero-order valence-corrected chi connectivity index (χ0v) is 13.1. The molecule has 0 saturated carbocycles. The van der Waals surface area contributed by atoms with E-state index in [1.54, 1.807) is 17.4 Å². The van der Waals surface area contributed by atoms with Crippen molar-refractivity contribution in [2.24, 2.45) is 0 Å². The summed E-state index contributed by atoms with van der Waals surface area (Å²) in [7, 11) is 0. The molecule has 0 aliphatic heterocycles. The fourth-order valence-electron chi connectivity index (χ4n) is 1.94. The number of nitrogens with one attached hydrogen (secondary N) is 1. The third-order valence-corrected chi connectivity index (χ3v) is 4.63. The second-order valence-corrected chi connectivity index (χ2v) is 6.90. The van der Waals surface area contributed by atoms with E-state index in [9.17, 15) is 4.39 Å². The van der Waals surface area contributed by atoms with Crippen LogP contribution < -0.4 is 5.32 Å². The van der Waals surface area contributed by atoms with Crippen molar-refractivity contribution in [3.05, 3.63) is 55.5 Å². The molecule has 0 bridgehead atoms. The number of thiophene rings is 1. The summed E-state index contributed by atoms with van der Waals surface area (Å²) in [6.07, 6.45) is 0.688. The molecular weight excluding hydrogens is 360 g/mol. The van der Waals surface area contributed by atoms with Crippen LogP contribution in [0.2, 0.25) is 0 Å². The first-order chi connectivity index (χ1) is 8.70. The van der Waals surface area contributed by atoms with Gasteiger partial charge in [0.05, 0.1) is 2.88 Å². The van der Waals surface area contributed by atoms with Crippen LogP contribution in [-0.2, 0) is 6.42 Å². The van der Waals surface area contributed by atoms with Crippen LogP contribution in [0.5, 0.6) is 0 Å². The standard InChI is InChI=1S/C14H15FINS/c1-2-17-13(11-8-14(16)18-9-11)7-10-5-3-4-6-12(10)15/h3-6,8-9,13,17H,2,7H2,1H3. The summed E-state index contributed by atoms with van der Waals surface area (Å²) in [5.41, 5.74) is 2.01. The van der Waals surface area contributed by atoms with Crippen LogP contribution in [0.25, 0.3) is 0 Å². The van der Waals surface area contributed by atoms with E-state index >= 15 is 0 Å². The third-order valence-electron chi connectivity index (χ3n) is 2.82. The number of hydrogen-bond donors (Lipinski definition) is 1. The monoisotopic (exact) mass is 375 g/mol. The molecule has 4 heteroatoms. The van der Waals surface area contributed by atoms with Gasteiger partial charge in [0.1, 0.15) is 5.82 Å². The minimum atomic E-state index is -0.120. The van der Waals surface area contributed by atoms with Gasteiger partial charge in [-0.1, -0.05) is 25.1 Å². The Hall–Kier alpha value is -0.460. The molecule has 0 radical (unpaired) electrons. The van der Waals surface area contributed by atoms with E-state index in [0.717, 1.165) is 12.1 Å². The Kier molecular flexibility index (Phi) is 5.14. The highest BCUT2D eigenvalue weighted by atomic mass is 127. The molecular formula is C14H15FINS. The zero-order chi connectivity index (χ0) is 13.0. The molecule has 1 aromatic carbocycles. The van der Waals surface area contributed by atoms with Gasteiger partial charge in [-0.15, -0.1) is 11.3 Å². The Morgan fingerprint density at radius 2 is 2.17 bits per heavy atom. The van der Waals surface area contributed by atoms with Gasteiger partial charge < -0.3 is 5.32 Å². The highest BCUT2D eigenvalue weighted by molar-refractivity contribution is 14.1. The Morgan fingerprint density at radius 1 is 1.39 bits per heavy atom. The molecule has 0 spiro atoms. The maximum Gasteiger partial charge on any atom is 0.126 e. The summed E-state index contributed by atoms with van der Waals surface area (Å²) >= 11 is 4.04. The average Bonchev–Trinajstić information content (AvgIpc) is 2.78. The van der Waals surface area contributed by atoms with E-state index in [1.807, 2.05) is 12.1 Å². The molecule has 2 aromatic rings. The van der Waals surface area contributed by atoms with E-state index in [4.69, 9.17) is 0 Å². The van der Waals surface area contributed by atoms with Crippen LogP contribution in [0.1, 0.15) is 24.1 Å². The van der Waals surface area contributed by atoms with E-state index < -0.39 is 0 Å². The normalized spacial score (nSPS) is 12.6. The molecule has 0 saturated heterocycles. The molecule has 1 unspecified atom stereocenters. The van der Waals surface area contributed by atoms with Gasteiger partial charge in [0.2, 0.25) is 0 Å². The molecule has 1 aromatic heterocycles. The highest BCUT2D eigenvalue weighted by Crippen LogP contribution is 2.25. The fourth-order valence-corrected chi connectivity index (χ4v) is 3.37. The number of hydrogen-bond acceptors (Lipinski definition) is 2. The molecule has 96 valence electrons. The lowest BCUT2D eigenvalue weighted by Gasteiger charge is -2.17. The Morgan fingerprint density at radius 3 is 2.78 bits per heavy atom. The number of rotatable bonds is 5. The van der Waals surface area contributed by atoms with Gasteiger partial charge in [-0.3, -0.25) is 0 Å². The largest absolute Gasteiger partial charge is 0.310 e. The van der Waals surface area contributed by atoms with Gasteiger partial charge in [-0.25, -0.2) is 4.39 Å². The summed E-state index contributed by atoms with van der Waals surface area (Å²) in [6.45, 7) is 2.96. The molecule has 1 nitrogen and oxygen atoms in total. The van der Waals surface area contributed by atoms with Crippen molar-refractivity contribution in [2.45, 2.75) is 19.4 Å². The van der Waals surface area contributed by atoms with Gasteiger partial charge >= 0.3 is 0 Å². The van der Waals surface area contributed by atoms with E-state index in [1.165, 1.54) is 14.5 Å². The van der Waals surface area contributed by atoms with Crippen molar-refractivity contribution in [2.75, 3.05) is 6.54 Å². The molecule has 0 aliphatic rings. The first-order valence-electron chi connectivity index (χ1n) is 5.91. The van der Waals surface area contributed by atoms with Gasteiger partial charge in [0.25, 0.3) is 0 Å². The molecule has 0 aliphatic carbocycles. The lowest BCUT2D eigenvalue weighted by molar-refractivity contribution is 0.529. The number of halogens is 2. The highest BCUT2D eigenvalue weighted by Gasteiger charge is 2.14. The second-order valence-electron chi connectivity index (χ2n) is 4.09. The molecule has 0 amide bonds. The van der Waals surface area contributed by atoms with Crippen LogP contribution in [0.3, 0.4) is 0 Å². The zero-order valence-electron chi connectivity index (χ0n) is 10.1. The van der Waals surface area contributed by atoms with E-state index in [2.05, 4.69) is 46.3 Å². The lowest BCUT2D eigenvalue weighted by atomic mass is 10.0. The summed E-state index contributed by atoms with van der Waals surface area (Å²) in [5, 5.41) is 5.57. The van der Waals surface area contributed by atoms with Crippen molar-refractivity contribution in [3.63, 3.8) is 0 Å². The van der Waals surface area contributed by atoms with Gasteiger partial charge in [-0.2, -0.15) is 0 Å². The smallest absolute Gasteiger partial charge is 0.126 e. The van der Waals surface area contributed by atoms with Gasteiger partial charge in [-0.05, 0) is 64.2 Å². The summed E-state index contributed by atoms with van der Waals surface area (Å²) in [6, 6.07) is 9.35. The average molecular weight is 375 g/mol. The molecule has 1 heterocycles. The predicted octanol–water partition coefficient (Wildman–Crippen LogP) is 4.39. The Bertz CT molecular complexity index is 512. The maximum atomic E-state index is 13.7. The van der Waals surface area contributed by atoms with Crippen molar-refractivity contribution >= 4 is 33.9 Å². The van der Waals surface area contributed by atoms with Crippen molar-refractivity contribution < 1.29 is 4.39 Å².